The summed E-state index contributed by atoms with van der Waals surface area (Å²) in [6, 6.07) is 0. The highest BCUT2D eigenvalue weighted by atomic mass is 16.8. The van der Waals surface area contributed by atoms with Gasteiger partial charge in [-0.3, -0.25) is 0 Å². The van der Waals surface area contributed by atoms with E-state index in [9.17, 15) is 15.0 Å². The van der Waals surface area contributed by atoms with E-state index in [2.05, 4.69) is 6.92 Å². The molecular weight excluding hydrogens is 692 g/mol. The van der Waals surface area contributed by atoms with Crippen molar-refractivity contribution >= 4 is 5.97 Å². The van der Waals surface area contributed by atoms with Crippen LogP contribution in [0.2, 0.25) is 0 Å². The van der Waals surface area contributed by atoms with Crippen LogP contribution in [0.5, 0.6) is 0 Å². The molecule has 4 aliphatic carbocycles. The number of ether oxygens (including phenoxy) is 11. The number of hydrogen-bond acceptors (Lipinski definition) is 14. The van der Waals surface area contributed by atoms with E-state index >= 15 is 0 Å². The maximum absolute atomic E-state index is 13.2. The predicted octanol–water partition coefficient (Wildman–Crippen LogP) is 3.34. The molecule has 14 nitrogen and oxygen atoms in total. The first-order valence-electron chi connectivity index (χ1n) is 19.5. The monoisotopic (exact) mass is 752 g/mol. The van der Waals surface area contributed by atoms with E-state index in [0.717, 1.165) is 12.0 Å². The van der Waals surface area contributed by atoms with Crippen LogP contribution in [0.3, 0.4) is 0 Å². The maximum atomic E-state index is 13.2. The number of cyclic esters (lactones) is 1. The van der Waals surface area contributed by atoms with Gasteiger partial charge in [0, 0.05) is 44.5 Å². The standard InChI is InChI=1S/C39H60O14/c1-21-30(47-20-44-8)31-32(53-35(4,5)52-31)33(49-21)50-23-14-27-38(18-48-34(2,3)51-27)29-25(9-11-37(38,41)15-23)39(42)12-10-24(22-13-28(40)45-17-22)36(39,6)16-26(29)46-19-43-7/h13,21,23-27,29-33,41-42H,9-12,14-20H2,1-8H3/t21-,23-,24+,25?,26+,27+,29?,30-,31+,32+,33-,36+,37-,38+,39-/m0/s1. The van der Waals surface area contributed by atoms with Gasteiger partial charge in [0.15, 0.2) is 17.9 Å². The topological polar surface area (TPSA) is 159 Å². The number of rotatable bonds is 9. The minimum Gasteiger partial charge on any atom is -0.458 e. The molecular formula is C39H60O14. The number of carbonyl (C=O) groups excluding carboxylic acids is 1. The fraction of sp³-hybridized carbons (Fsp3) is 0.923. The van der Waals surface area contributed by atoms with Crippen molar-refractivity contribution in [2.45, 2.75) is 158 Å². The molecule has 8 rings (SSSR count). The van der Waals surface area contributed by atoms with Gasteiger partial charge in [-0.2, -0.15) is 0 Å². The zero-order valence-corrected chi connectivity index (χ0v) is 32.5. The molecule has 1 spiro atoms. The molecule has 4 heterocycles. The second-order valence-electron chi connectivity index (χ2n) is 18.1. The predicted molar refractivity (Wildman–Crippen MR) is 184 cm³/mol. The molecule has 0 aromatic carbocycles. The molecule has 0 aromatic rings. The van der Waals surface area contributed by atoms with E-state index < -0.39 is 76.5 Å². The van der Waals surface area contributed by atoms with Gasteiger partial charge in [-0.25, -0.2) is 4.79 Å². The van der Waals surface area contributed by atoms with Crippen LogP contribution >= 0.6 is 0 Å². The molecule has 300 valence electrons. The summed E-state index contributed by atoms with van der Waals surface area (Å²) in [6.45, 7) is 12.2. The first kappa shape index (κ1) is 38.6. The van der Waals surface area contributed by atoms with Crippen molar-refractivity contribution in [2.24, 2.45) is 28.6 Å². The summed E-state index contributed by atoms with van der Waals surface area (Å²) in [5, 5.41) is 26.3. The van der Waals surface area contributed by atoms with Crippen LogP contribution in [0, 0.1) is 28.6 Å². The van der Waals surface area contributed by atoms with Crippen molar-refractivity contribution in [1.82, 2.24) is 0 Å². The third kappa shape index (κ3) is 6.00. The smallest absolute Gasteiger partial charge is 0.331 e. The van der Waals surface area contributed by atoms with E-state index in [0.29, 0.717) is 38.5 Å². The molecule has 0 aromatic heterocycles. The number of carbonyl (C=O) groups is 1. The number of fused-ring (bicyclic) bond motifs is 4. The average molecular weight is 753 g/mol. The molecule has 53 heavy (non-hydrogen) atoms. The van der Waals surface area contributed by atoms with Gasteiger partial charge in [-0.05, 0) is 84.1 Å². The molecule has 0 amide bonds. The minimum absolute atomic E-state index is 0.0439. The molecule has 0 bridgehead atoms. The van der Waals surface area contributed by atoms with E-state index in [1.807, 2.05) is 34.6 Å². The van der Waals surface area contributed by atoms with Crippen LogP contribution in [-0.2, 0) is 56.9 Å². The molecule has 2 unspecified atom stereocenters. The number of methoxy groups -OCH3 is 2. The molecule has 0 radical (unpaired) electrons. The summed E-state index contributed by atoms with van der Waals surface area (Å²) in [4.78, 5) is 12.2. The van der Waals surface area contributed by atoms with Crippen LogP contribution in [-0.4, -0.2) is 129 Å². The van der Waals surface area contributed by atoms with Crippen LogP contribution < -0.4 is 0 Å². The Hall–Kier alpha value is -1.27. The third-order valence-electron chi connectivity index (χ3n) is 14.5. The van der Waals surface area contributed by atoms with Crippen molar-refractivity contribution in [3.05, 3.63) is 11.6 Å². The van der Waals surface area contributed by atoms with Crippen LogP contribution in [0.1, 0.15) is 86.5 Å². The highest BCUT2D eigenvalue weighted by Gasteiger charge is 2.77. The molecule has 8 aliphatic rings. The lowest BCUT2D eigenvalue weighted by atomic mass is 9.40. The lowest BCUT2D eigenvalue weighted by Gasteiger charge is -2.71. The van der Waals surface area contributed by atoms with Crippen molar-refractivity contribution in [2.75, 3.05) is 41.0 Å². The van der Waals surface area contributed by atoms with Crippen molar-refractivity contribution in [1.29, 1.82) is 0 Å². The molecule has 2 N–H and O–H groups in total. The van der Waals surface area contributed by atoms with Gasteiger partial charge >= 0.3 is 5.97 Å². The fourth-order valence-corrected chi connectivity index (χ4v) is 12.4. The molecule has 14 heteroatoms. The fourth-order valence-electron chi connectivity index (χ4n) is 12.4. The van der Waals surface area contributed by atoms with Gasteiger partial charge in [-0.15, -0.1) is 0 Å². The Labute approximate surface area is 312 Å². The first-order valence-corrected chi connectivity index (χ1v) is 19.5. The summed E-state index contributed by atoms with van der Waals surface area (Å²) in [7, 11) is 3.17. The summed E-state index contributed by atoms with van der Waals surface area (Å²) >= 11 is 0. The highest BCUT2D eigenvalue weighted by Crippen LogP contribution is 2.72. The van der Waals surface area contributed by atoms with E-state index in [1.165, 1.54) is 0 Å². The highest BCUT2D eigenvalue weighted by molar-refractivity contribution is 5.85. The SMILES string of the molecule is COCO[C@@H]1[C@H]2OC(C)(C)O[C@H]2[C@H](O[C@H]2C[C@H]3OC(C)(C)OC[C@]34C3C(CC[C@]4(O)C2)[C@@]2(O)CC[C@H](C4=CC(=O)OC4)[C@@]2(C)C[C@H]3OCOC)O[C@H]1C. The lowest BCUT2D eigenvalue weighted by molar-refractivity contribution is -0.410. The number of hydrogen-bond donors (Lipinski definition) is 2. The first-order chi connectivity index (χ1) is 25.0. The molecule has 3 saturated heterocycles. The Kier molecular flexibility index (Phi) is 9.76. The van der Waals surface area contributed by atoms with Gasteiger partial charge in [0.2, 0.25) is 0 Å². The van der Waals surface area contributed by atoms with Crippen molar-refractivity contribution in [3.63, 3.8) is 0 Å². The van der Waals surface area contributed by atoms with Crippen LogP contribution in [0.4, 0.5) is 0 Å². The summed E-state index contributed by atoms with van der Waals surface area (Å²) < 4.78 is 68.1. The Morgan fingerprint density at radius 3 is 2.36 bits per heavy atom. The van der Waals surface area contributed by atoms with Gasteiger partial charge in [0.05, 0.1) is 47.6 Å². The van der Waals surface area contributed by atoms with Crippen LogP contribution in [0.15, 0.2) is 11.6 Å². The van der Waals surface area contributed by atoms with Crippen molar-refractivity contribution < 1.29 is 67.1 Å². The van der Waals surface area contributed by atoms with Gasteiger partial charge in [-0.1, -0.05) is 6.92 Å². The summed E-state index contributed by atoms with van der Waals surface area (Å²) in [5.74, 6) is -2.74. The molecule has 4 aliphatic heterocycles. The quantitative estimate of drug-likeness (QED) is 0.201. The second-order valence-corrected chi connectivity index (χ2v) is 18.1. The maximum Gasteiger partial charge on any atom is 0.331 e. The van der Waals surface area contributed by atoms with Gasteiger partial charge in [0.1, 0.15) is 38.5 Å². The Morgan fingerprint density at radius 2 is 1.64 bits per heavy atom. The normalized spacial score (nSPS) is 51.0. The summed E-state index contributed by atoms with van der Waals surface area (Å²) in [6.07, 6.45) is 1.18. The zero-order valence-electron chi connectivity index (χ0n) is 32.5. The average Bonchev–Trinajstić information content (AvgIpc) is 3.73. The Balaban J connectivity index is 1.12. The van der Waals surface area contributed by atoms with Crippen molar-refractivity contribution in [3.8, 4) is 0 Å². The zero-order chi connectivity index (χ0) is 37.8. The number of aliphatic hydroxyl groups is 2. The van der Waals surface area contributed by atoms with E-state index in [1.54, 1.807) is 20.3 Å². The summed E-state index contributed by atoms with van der Waals surface area (Å²) in [5.41, 5.74) is -2.97. The van der Waals surface area contributed by atoms with Gasteiger partial charge < -0.3 is 62.3 Å². The number of esters is 1. The molecule has 15 atom stereocenters. The Morgan fingerprint density at radius 1 is 0.906 bits per heavy atom. The minimum atomic E-state index is -1.29. The molecule has 7 fully saturated rings. The van der Waals surface area contributed by atoms with E-state index in [-0.39, 0.29) is 56.6 Å². The second kappa shape index (κ2) is 13.4. The van der Waals surface area contributed by atoms with E-state index in [4.69, 9.17) is 52.1 Å². The third-order valence-corrected chi connectivity index (χ3v) is 14.5. The van der Waals surface area contributed by atoms with Crippen LogP contribution in [0.25, 0.3) is 0 Å². The lowest BCUT2D eigenvalue weighted by Crippen LogP contribution is -2.78. The Bertz CT molecular complexity index is 1440. The largest absolute Gasteiger partial charge is 0.458 e. The van der Waals surface area contributed by atoms with Gasteiger partial charge in [0.25, 0.3) is 0 Å². The molecule has 4 saturated carbocycles.